The zero-order chi connectivity index (χ0) is 16.2. The quantitative estimate of drug-likeness (QED) is 0.418. The van der Waals surface area contributed by atoms with E-state index in [4.69, 9.17) is 0 Å². The van der Waals surface area contributed by atoms with Crippen LogP contribution in [-0.4, -0.2) is 0 Å². The zero-order valence-corrected chi connectivity index (χ0v) is 12.9. The monoisotopic (exact) mass is 314 g/mol. The van der Waals surface area contributed by atoms with Crippen molar-refractivity contribution < 1.29 is 13.2 Å². The Kier molecular flexibility index (Phi) is 3.15. The Bertz CT molecular complexity index is 906. The van der Waals surface area contributed by atoms with E-state index in [1.807, 2.05) is 12.1 Å². The molecule has 3 aromatic rings. The molecule has 0 bridgehead atoms. The molecule has 1 aliphatic rings. The molecule has 23 heavy (non-hydrogen) atoms. The van der Waals surface area contributed by atoms with Gasteiger partial charge >= 0.3 is 6.18 Å². The zero-order valence-electron chi connectivity index (χ0n) is 12.9. The second-order valence-corrected chi connectivity index (χ2v) is 6.49. The smallest absolute Gasteiger partial charge is 0.166 e. The molecule has 1 atom stereocenters. The van der Waals surface area contributed by atoms with Crippen molar-refractivity contribution >= 4 is 21.5 Å². The number of alkyl halides is 3. The molecule has 0 fully saturated rings. The summed E-state index contributed by atoms with van der Waals surface area (Å²) >= 11 is 0. The lowest BCUT2D eigenvalue weighted by Crippen LogP contribution is -2.10. The third-order valence-electron chi connectivity index (χ3n) is 5.06. The molecule has 118 valence electrons. The second kappa shape index (κ2) is 4.98. The van der Waals surface area contributed by atoms with Crippen LogP contribution < -0.4 is 0 Å². The van der Waals surface area contributed by atoms with Gasteiger partial charge in [0, 0.05) is 0 Å². The van der Waals surface area contributed by atoms with Crippen LogP contribution in [-0.2, 0) is 12.6 Å². The third-order valence-corrected chi connectivity index (χ3v) is 5.06. The summed E-state index contributed by atoms with van der Waals surface area (Å²) in [7, 11) is 0. The molecular formula is C20H17F3. The van der Waals surface area contributed by atoms with Crippen molar-refractivity contribution in [3.63, 3.8) is 0 Å². The molecule has 0 saturated carbocycles. The van der Waals surface area contributed by atoms with E-state index in [1.165, 1.54) is 11.6 Å². The highest BCUT2D eigenvalue weighted by molar-refractivity contribution is 6.10. The van der Waals surface area contributed by atoms with E-state index < -0.39 is 11.7 Å². The fourth-order valence-electron chi connectivity index (χ4n) is 4.02. The van der Waals surface area contributed by atoms with E-state index in [0.29, 0.717) is 11.3 Å². The summed E-state index contributed by atoms with van der Waals surface area (Å²) in [6, 6.07) is 12.3. The van der Waals surface area contributed by atoms with Crippen LogP contribution in [0.3, 0.4) is 0 Å². The molecule has 3 heteroatoms. The lowest BCUT2D eigenvalue weighted by molar-refractivity contribution is -0.136. The van der Waals surface area contributed by atoms with E-state index in [0.717, 1.165) is 35.6 Å². The molecule has 4 rings (SSSR count). The maximum Gasteiger partial charge on any atom is 0.417 e. The van der Waals surface area contributed by atoms with E-state index in [-0.39, 0.29) is 5.39 Å². The van der Waals surface area contributed by atoms with Gasteiger partial charge in [-0.15, -0.1) is 0 Å². The summed E-state index contributed by atoms with van der Waals surface area (Å²) in [5, 5.41) is 2.69. The number of hydrogen-bond donors (Lipinski definition) is 0. The second-order valence-electron chi connectivity index (χ2n) is 6.49. The molecule has 1 aliphatic carbocycles. The first-order valence-electron chi connectivity index (χ1n) is 8.01. The SMILES string of the molecule is CC1CCCc2ccc3c(cc(C(F)(F)F)c4ccccc43)c21. The summed E-state index contributed by atoms with van der Waals surface area (Å²) < 4.78 is 40.7. The number of benzene rings is 3. The van der Waals surface area contributed by atoms with Gasteiger partial charge in [-0.3, -0.25) is 0 Å². The normalized spacial score (nSPS) is 18.3. The number of hydrogen-bond acceptors (Lipinski definition) is 0. The molecule has 3 aromatic carbocycles. The van der Waals surface area contributed by atoms with Crippen LogP contribution in [0.2, 0.25) is 0 Å². The number of aryl methyl sites for hydroxylation is 1. The van der Waals surface area contributed by atoms with E-state index >= 15 is 0 Å². The fraction of sp³-hybridized carbons (Fsp3) is 0.300. The van der Waals surface area contributed by atoms with Crippen molar-refractivity contribution in [1.29, 1.82) is 0 Å². The maximum atomic E-state index is 13.6. The molecular weight excluding hydrogens is 297 g/mol. The minimum absolute atomic E-state index is 0.288. The van der Waals surface area contributed by atoms with Crippen LogP contribution >= 0.6 is 0 Å². The van der Waals surface area contributed by atoms with Gasteiger partial charge in [0.1, 0.15) is 0 Å². The molecule has 0 aromatic heterocycles. The number of fused-ring (bicyclic) bond motifs is 5. The molecule has 0 spiro atoms. The molecule has 0 radical (unpaired) electrons. The first-order valence-corrected chi connectivity index (χ1v) is 8.01. The summed E-state index contributed by atoms with van der Waals surface area (Å²) in [4.78, 5) is 0. The van der Waals surface area contributed by atoms with Gasteiger partial charge in [0.15, 0.2) is 0 Å². The summed E-state index contributed by atoms with van der Waals surface area (Å²) in [5.74, 6) is 0.310. The van der Waals surface area contributed by atoms with Gasteiger partial charge < -0.3 is 0 Å². The highest BCUT2D eigenvalue weighted by Gasteiger charge is 2.34. The number of rotatable bonds is 0. The summed E-state index contributed by atoms with van der Waals surface area (Å²) in [5.41, 5.74) is 1.80. The van der Waals surface area contributed by atoms with Gasteiger partial charge in [0.25, 0.3) is 0 Å². The van der Waals surface area contributed by atoms with Crippen molar-refractivity contribution in [2.45, 2.75) is 38.3 Å². The van der Waals surface area contributed by atoms with Crippen molar-refractivity contribution in [3.8, 4) is 0 Å². The van der Waals surface area contributed by atoms with Crippen LogP contribution in [0.25, 0.3) is 21.5 Å². The van der Waals surface area contributed by atoms with Crippen molar-refractivity contribution in [1.82, 2.24) is 0 Å². The Morgan fingerprint density at radius 2 is 1.61 bits per heavy atom. The lowest BCUT2D eigenvalue weighted by atomic mass is 9.80. The first-order chi connectivity index (χ1) is 11.0. The molecule has 0 heterocycles. The van der Waals surface area contributed by atoms with Gasteiger partial charge in [-0.05, 0) is 63.9 Å². The van der Waals surface area contributed by atoms with E-state index in [2.05, 4.69) is 13.0 Å². The summed E-state index contributed by atoms with van der Waals surface area (Å²) in [6.07, 6.45) is -1.22. The minimum Gasteiger partial charge on any atom is -0.166 e. The lowest BCUT2D eigenvalue weighted by Gasteiger charge is -2.25. The minimum atomic E-state index is -4.34. The molecule has 0 amide bonds. The van der Waals surface area contributed by atoms with Crippen LogP contribution in [0, 0.1) is 0 Å². The highest BCUT2D eigenvalue weighted by Crippen LogP contribution is 2.43. The average Bonchev–Trinajstić information content (AvgIpc) is 2.52. The van der Waals surface area contributed by atoms with Crippen LogP contribution in [0.4, 0.5) is 13.2 Å². The first kappa shape index (κ1) is 14.6. The van der Waals surface area contributed by atoms with Gasteiger partial charge in [-0.1, -0.05) is 43.3 Å². The Balaban J connectivity index is 2.19. The third kappa shape index (κ3) is 2.21. The fourth-order valence-corrected chi connectivity index (χ4v) is 4.02. The Morgan fingerprint density at radius 1 is 0.913 bits per heavy atom. The molecule has 1 unspecified atom stereocenters. The Morgan fingerprint density at radius 3 is 2.35 bits per heavy atom. The van der Waals surface area contributed by atoms with Crippen LogP contribution in [0.1, 0.15) is 42.4 Å². The van der Waals surface area contributed by atoms with Gasteiger partial charge in [0.2, 0.25) is 0 Å². The van der Waals surface area contributed by atoms with Gasteiger partial charge in [-0.25, -0.2) is 0 Å². The predicted octanol–water partition coefficient (Wildman–Crippen LogP) is 6.45. The molecule has 0 aliphatic heterocycles. The topological polar surface area (TPSA) is 0 Å². The van der Waals surface area contributed by atoms with Gasteiger partial charge in [-0.2, -0.15) is 13.2 Å². The Labute approximate surface area is 132 Å². The molecule has 0 saturated heterocycles. The highest BCUT2D eigenvalue weighted by atomic mass is 19.4. The van der Waals surface area contributed by atoms with Crippen LogP contribution in [0.15, 0.2) is 42.5 Å². The van der Waals surface area contributed by atoms with Crippen molar-refractivity contribution in [3.05, 3.63) is 59.2 Å². The van der Waals surface area contributed by atoms with Crippen molar-refractivity contribution in [2.24, 2.45) is 0 Å². The van der Waals surface area contributed by atoms with Crippen molar-refractivity contribution in [2.75, 3.05) is 0 Å². The van der Waals surface area contributed by atoms with E-state index in [9.17, 15) is 13.2 Å². The average molecular weight is 314 g/mol. The maximum absolute atomic E-state index is 13.6. The summed E-state index contributed by atoms with van der Waals surface area (Å²) in [6.45, 7) is 2.12. The molecule has 0 nitrogen and oxygen atoms in total. The molecule has 0 N–H and O–H groups in total. The van der Waals surface area contributed by atoms with E-state index in [1.54, 1.807) is 18.2 Å². The standard InChI is InChI=1S/C20H17F3/c1-12-5-4-6-13-9-10-15-14-7-2-3-8-16(14)18(20(21,22)23)11-17(15)19(12)13/h2-3,7-12H,4-6H2,1H3. The van der Waals surface area contributed by atoms with Crippen LogP contribution in [0.5, 0.6) is 0 Å². The predicted molar refractivity (Wildman–Crippen MR) is 87.8 cm³/mol. The van der Waals surface area contributed by atoms with Gasteiger partial charge in [0.05, 0.1) is 5.56 Å². The Hall–Kier alpha value is -2.03. The largest absolute Gasteiger partial charge is 0.417 e. The number of halogens is 3.